The van der Waals surface area contributed by atoms with E-state index in [-0.39, 0.29) is 0 Å². The molecule has 0 spiro atoms. The molecule has 0 aromatic rings. The second-order valence-corrected chi connectivity index (χ2v) is 1.12. The van der Waals surface area contributed by atoms with Crippen molar-refractivity contribution in [3.8, 4) is 12.3 Å². The second-order valence-electron chi connectivity index (χ2n) is 1.12. The number of rotatable bonds is 1. The Morgan fingerprint density at radius 2 is 2.33 bits per heavy atom. The highest BCUT2D eigenvalue weighted by Crippen LogP contribution is 1.68. The van der Waals surface area contributed by atoms with Crippen molar-refractivity contribution in [3.63, 3.8) is 0 Å². The lowest BCUT2D eigenvalue weighted by molar-refractivity contribution is 0.512. The molecule has 6 heavy (non-hydrogen) atoms. The van der Waals surface area contributed by atoms with Gasteiger partial charge in [-0.25, -0.2) is 0 Å². The van der Waals surface area contributed by atoms with Gasteiger partial charge in [0.05, 0.1) is 6.54 Å². The highest BCUT2D eigenvalue weighted by molar-refractivity contribution is 4.86. The second kappa shape index (κ2) is 2.74. The molecule has 1 nitrogen and oxygen atoms in total. The van der Waals surface area contributed by atoms with Crippen LogP contribution >= 0.6 is 0 Å². The van der Waals surface area contributed by atoms with Gasteiger partial charge < -0.3 is 0 Å². The molecule has 0 bridgehead atoms. The van der Waals surface area contributed by atoms with Crippen molar-refractivity contribution in [2.45, 2.75) is 0 Å². The van der Waals surface area contributed by atoms with Crippen LogP contribution in [0.2, 0.25) is 0 Å². The molecule has 0 saturated carbocycles. The van der Waals surface area contributed by atoms with Crippen molar-refractivity contribution in [2.75, 3.05) is 13.6 Å². The first-order chi connectivity index (χ1) is 2.77. The van der Waals surface area contributed by atoms with Crippen molar-refractivity contribution < 1.29 is 0 Å². The van der Waals surface area contributed by atoms with E-state index in [9.17, 15) is 0 Å². The Balaban J connectivity index is 2.88. The Morgan fingerprint density at radius 1 is 1.83 bits per heavy atom. The molecule has 2 radical (unpaired) electrons. The van der Waals surface area contributed by atoms with E-state index >= 15 is 0 Å². The van der Waals surface area contributed by atoms with Gasteiger partial charge in [0.1, 0.15) is 0 Å². The molecule has 0 aliphatic heterocycles. The number of terminal acetylenes is 1. The number of hydrogen-bond donors (Lipinski definition) is 0. The van der Waals surface area contributed by atoms with Crippen LogP contribution in [0, 0.1) is 19.4 Å². The average molecular weight is 81.1 g/mol. The molecule has 0 saturated heterocycles. The fourth-order valence-electron chi connectivity index (χ4n) is 0.144. The van der Waals surface area contributed by atoms with Crippen LogP contribution in [0.5, 0.6) is 0 Å². The van der Waals surface area contributed by atoms with Gasteiger partial charge in [-0.1, -0.05) is 5.92 Å². The van der Waals surface area contributed by atoms with Crippen LogP contribution in [0.3, 0.4) is 0 Å². The maximum absolute atomic E-state index is 5.09. The van der Waals surface area contributed by atoms with Gasteiger partial charge in [-0.15, -0.1) is 6.42 Å². The molecule has 0 heterocycles. The van der Waals surface area contributed by atoms with Crippen molar-refractivity contribution in [3.05, 3.63) is 7.05 Å². The normalized spacial score (nSPS) is 8.33. The Hall–Kier alpha value is -0.480. The first-order valence-corrected chi connectivity index (χ1v) is 1.66. The summed E-state index contributed by atoms with van der Waals surface area (Å²) in [6.07, 6.45) is 4.86. The molecule has 0 aliphatic rings. The minimum atomic E-state index is 0.514. The Bertz CT molecular complexity index is 58.8. The summed E-state index contributed by atoms with van der Waals surface area (Å²) in [7, 11) is 6.82. The first-order valence-electron chi connectivity index (χ1n) is 1.66. The standard InChI is InChI=1S/C5H7N/c1-4-5-6(2)3/h1-2H,5H2,3H3. The van der Waals surface area contributed by atoms with Gasteiger partial charge in [0.25, 0.3) is 0 Å². The van der Waals surface area contributed by atoms with E-state index in [2.05, 4.69) is 5.92 Å². The summed E-state index contributed by atoms with van der Waals surface area (Å²) in [4.78, 5) is 1.44. The Kier molecular flexibility index (Phi) is 2.52. The third-order valence-electron chi connectivity index (χ3n) is 0.341. The summed E-state index contributed by atoms with van der Waals surface area (Å²) in [6.45, 7) is 0.514. The van der Waals surface area contributed by atoms with Crippen LogP contribution in [0.4, 0.5) is 0 Å². The first kappa shape index (κ1) is 5.52. The van der Waals surface area contributed by atoms with Crippen LogP contribution in [0.15, 0.2) is 0 Å². The molecule has 0 aromatic heterocycles. The van der Waals surface area contributed by atoms with E-state index < -0.39 is 0 Å². The molecule has 0 unspecified atom stereocenters. The maximum Gasteiger partial charge on any atom is 0.0599 e. The fourth-order valence-corrected chi connectivity index (χ4v) is 0.144. The van der Waals surface area contributed by atoms with Crippen molar-refractivity contribution in [1.29, 1.82) is 0 Å². The SMILES string of the molecule is [CH]N(C)CC#C. The van der Waals surface area contributed by atoms with Crippen LogP contribution in [0.1, 0.15) is 0 Å². The predicted molar refractivity (Wildman–Crippen MR) is 25.8 cm³/mol. The minimum absolute atomic E-state index is 0.514. The van der Waals surface area contributed by atoms with Crippen molar-refractivity contribution in [1.82, 2.24) is 4.90 Å². The lowest BCUT2D eigenvalue weighted by Crippen LogP contribution is -2.07. The smallest absolute Gasteiger partial charge is 0.0599 e. The average Bonchev–Trinajstić information content (AvgIpc) is 1.35. The lowest BCUT2D eigenvalue weighted by atomic mass is 10.6. The molecule has 0 atom stereocenters. The van der Waals surface area contributed by atoms with Crippen LogP contribution in [0.25, 0.3) is 0 Å². The summed E-state index contributed by atoms with van der Waals surface area (Å²) in [6, 6.07) is 0. The van der Waals surface area contributed by atoms with E-state index in [0.717, 1.165) is 0 Å². The van der Waals surface area contributed by atoms with Gasteiger partial charge in [0.2, 0.25) is 0 Å². The van der Waals surface area contributed by atoms with Gasteiger partial charge >= 0.3 is 0 Å². The predicted octanol–water partition coefficient (Wildman–Crippen LogP) is 0.220. The van der Waals surface area contributed by atoms with Crippen LogP contribution < -0.4 is 0 Å². The zero-order valence-electron chi connectivity index (χ0n) is 3.81. The van der Waals surface area contributed by atoms with E-state index in [0.29, 0.717) is 6.54 Å². The monoisotopic (exact) mass is 81.1 g/mol. The third-order valence-corrected chi connectivity index (χ3v) is 0.341. The quantitative estimate of drug-likeness (QED) is 0.322. The zero-order valence-corrected chi connectivity index (χ0v) is 3.81. The molecule has 0 aliphatic carbocycles. The minimum Gasteiger partial charge on any atom is -0.289 e. The Labute approximate surface area is 39.0 Å². The molecule has 0 fully saturated rings. The molecule has 1 heteroatoms. The van der Waals surface area contributed by atoms with E-state index in [4.69, 9.17) is 13.5 Å². The van der Waals surface area contributed by atoms with Crippen LogP contribution in [-0.2, 0) is 0 Å². The number of hydrogen-bond acceptors (Lipinski definition) is 1. The molecule has 0 aromatic carbocycles. The summed E-state index contributed by atoms with van der Waals surface area (Å²) in [5.41, 5.74) is 0. The number of nitrogens with zero attached hydrogens (tertiary/aromatic N) is 1. The van der Waals surface area contributed by atoms with Gasteiger partial charge in [-0.3, -0.25) is 4.90 Å². The third kappa shape index (κ3) is 3.52. The van der Waals surface area contributed by atoms with E-state index in [1.54, 1.807) is 7.05 Å². The van der Waals surface area contributed by atoms with Gasteiger partial charge in [-0.2, -0.15) is 0 Å². The largest absolute Gasteiger partial charge is 0.289 e. The summed E-state index contributed by atoms with van der Waals surface area (Å²) < 4.78 is 0. The van der Waals surface area contributed by atoms with E-state index in [1.807, 2.05) is 0 Å². The molecule has 0 N–H and O–H groups in total. The maximum atomic E-state index is 5.09. The summed E-state index contributed by atoms with van der Waals surface area (Å²) >= 11 is 0. The Morgan fingerprint density at radius 3 is 2.33 bits per heavy atom. The molecular formula is C5H7N. The topological polar surface area (TPSA) is 3.24 Å². The van der Waals surface area contributed by atoms with E-state index in [1.165, 1.54) is 4.90 Å². The van der Waals surface area contributed by atoms with Gasteiger partial charge in [0, 0.05) is 7.05 Å². The molecule has 0 rings (SSSR count). The summed E-state index contributed by atoms with van der Waals surface area (Å²) in [5, 5.41) is 0. The summed E-state index contributed by atoms with van der Waals surface area (Å²) in [5.74, 6) is 2.37. The van der Waals surface area contributed by atoms with Crippen molar-refractivity contribution >= 4 is 0 Å². The van der Waals surface area contributed by atoms with Gasteiger partial charge in [-0.05, 0) is 7.05 Å². The highest BCUT2D eigenvalue weighted by atomic mass is 15.0. The highest BCUT2D eigenvalue weighted by Gasteiger charge is 1.76. The van der Waals surface area contributed by atoms with Crippen LogP contribution in [-0.4, -0.2) is 18.5 Å². The lowest BCUT2D eigenvalue weighted by Gasteiger charge is -1.98. The fraction of sp³-hybridized carbons (Fsp3) is 0.400. The molecular weight excluding hydrogens is 74.1 g/mol. The molecule has 0 amide bonds. The van der Waals surface area contributed by atoms with Crippen molar-refractivity contribution in [2.24, 2.45) is 0 Å². The molecule has 32 valence electrons. The zero-order chi connectivity index (χ0) is 4.99. The van der Waals surface area contributed by atoms with Gasteiger partial charge in [0.15, 0.2) is 0 Å².